The molecule has 1 aliphatic carbocycles. The van der Waals surface area contributed by atoms with E-state index in [1.807, 2.05) is 11.8 Å². The normalized spacial score (nSPS) is 33.7. The Balaban J connectivity index is 1.13. The SMILES string of the molecule is CCOC(=O)N1CCC2(CC(N3CC=C([C@@H]4CCCN4C(=O)N4CCCC4)CC3)C2)C1. The predicted octanol–water partition coefficient (Wildman–Crippen LogP) is 3.31. The van der Waals surface area contributed by atoms with Crippen LogP contribution >= 0.6 is 0 Å². The Morgan fingerprint density at radius 2 is 1.87 bits per heavy atom. The summed E-state index contributed by atoms with van der Waals surface area (Å²) in [6.07, 6.45) is 11.5. The van der Waals surface area contributed by atoms with Crippen LogP contribution in [0.2, 0.25) is 0 Å². The largest absolute Gasteiger partial charge is 0.450 e. The molecule has 4 heterocycles. The second kappa shape index (κ2) is 8.64. The Hall–Kier alpha value is -1.76. The Kier molecular flexibility index (Phi) is 5.88. The smallest absolute Gasteiger partial charge is 0.409 e. The zero-order chi connectivity index (χ0) is 21.4. The molecule has 5 aliphatic rings. The van der Waals surface area contributed by atoms with Crippen molar-refractivity contribution in [1.82, 2.24) is 19.6 Å². The molecule has 1 saturated carbocycles. The maximum Gasteiger partial charge on any atom is 0.409 e. The van der Waals surface area contributed by atoms with Gasteiger partial charge in [0.05, 0.1) is 12.6 Å². The first-order valence-corrected chi connectivity index (χ1v) is 12.5. The van der Waals surface area contributed by atoms with Gasteiger partial charge in [0.25, 0.3) is 0 Å². The summed E-state index contributed by atoms with van der Waals surface area (Å²) in [6, 6.07) is 1.25. The van der Waals surface area contributed by atoms with Gasteiger partial charge in [-0.3, -0.25) is 4.90 Å². The van der Waals surface area contributed by atoms with Crippen LogP contribution < -0.4 is 0 Å². The average Bonchev–Trinajstić information content (AvgIpc) is 3.53. The molecule has 0 aromatic rings. The summed E-state index contributed by atoms with van der Waals surface area (Å²) < 4.78 is 5.19. The third kappa shape index (κ3) is 4.06. The third-order valence-corrected chi connectivity index (χ3v) is 8.40. The van der Waals surface area contributed by atoms with Crippen molar-refractivity contribution in [2.45, 2.75) is 70.4 Å². The molecule has 4 aliphatic heterocycles. The molecule has 172 valence electrons. The highest BCUT2D eigenvalue weighted by molar-refractivity contribution is 5.76. The molecule has 3 saturated heterocycles. The van der Waals surface area contributed by atoms with E-state index in [0.29, 0.717) is 24.1 Å². The number of nitrogens with zero attached hydrogens (tertiary/aromatic N) is 4. The molecule has 7 nitrogen and oxygen atoms in total. The average molecular weight is 431 g/mol. The summed E-state index contributed by atoms with van der Waals surface area (Å²) >= 11 is 0. The molecule has 31 heavy (non-hydrogen) atoms. The van der Waals surface area contributed by atoms with Crippen molar-refractivity contribution in [3.8, 4) is 0 Å². The summed E-state index contributed by atoms with van der Waals surface area (Å²) in [6.45, 7) is 8.95. The molecule has 7 heteroatoms. The first kappa shape index (κ1) is 21.1. The van der Waals surface area contributed by atoms with Crippen LogP contribution in [0.5, 0.6) is 0 Å². The van der Waals surface area contributed by atoms with Crippen LogP contribution in [-0.4, -0.2) is 96.2 Å². The fourth-order valence-electron chi connectivity index (χ4n) is 6.64. The van der Waals surface area contributed by atoms with Gasteiger partial charge in [-0.1, -0.05) is 6.08 Å². The lowest BCUT2D eigenvalue weighted by Gasteiger charge is -2.51. The van der Waals surface area contributed by atoms with E-state index < -0.39 is 0 Å². The van der Waals surface area contributed by atoms with Crippen LogP contribution in [0.4, 0.5) is 9.59 Å². The second-order valence-corrected chi connectivity index (χ2v) is 10.3. The highest BCUT2D eigenvalue weighted by Gasteiger charge is 2.51. The van der Waals surface area contributed by atoms with Crippen molar-refractivity contribution >= 4 is 12.1 Å². The Morgan fingerprint density at radius 3 is 2.58 bits per heavy atom. The van der Waals surface area contributed by atoms with Gasteiger partial charge in [0.15, 0.2) is 0 Å². The summed E-state index contributed by atoms with van der Waals surface area (Å²) in [4.78, 5) is 33.7. The van der Waals surface area contributed by atoms with Crippen molar-refractivity contribution in [2.75, 3.05) is 52.4 Å². The van der Waals surface area contributed by atoms with Crippen molar-refractivity contribution < 1.29 is 14.3 Å². The fourth-order valence-corrected chi connectivity index (χ4v) is 6.64. The van der Waals surface area contributed by atoms with E-state index >= 15 is 0 Å². The number of rotatable bonds is 3. The summed E-state index contributed by atoms with van der Waals surface area (Å²) in [5.74, 6) is 0. The van der Waals surface area contributed by atoms with E-state index in [0.717, 1.165) is 84.3 Å². The molecule has 5 rings (SSSR count). The van der Waals surface area contributed by atoms with Gasteiger partial charge in [-0.15, -0.1) is 0 Å². The molecule has 0 bridgehead atoms. The number of carbonyl (C=O) groups is 2. The summed E-state index contributed by atoms with van der Waals surface area (Å²) in [7, 11) is 0. The maximum atomic E-state index is 13.0. The van der Waals surface area contributed by atoms with Crippen molar-refractivity contribution in [1.29, 1.82) is 0 Å². The van der Waals surface area contributed by atoms with Gasteiger partial charge < -0.3 is 19.4 Å². The Morgan fingerprint density at radius 1 is 1.06 bits per heavy atom. The molecule has 0 unspecified atom stereocenters. The predicted molar refractivity (Wildman–Crippen MR) is 119 cm³/mol. The number of hydrogen-bond donors (Lipinski definition) is 0. The van der Waals surface area contributed by atoms with Crippen LogP contribution in [0.1, 0.15) is 58.3 Å². The van der Waals surface area contributed by atoms with E-state index in [4.69, 9.17) is 4.74 Å². The highest BCUT2D eigenvalue weighted by Crippen LogP contribution is 2.50. The van der Waals surface area contributed by atoms with E-state index in [2.05, 4.69) is 20.8 Å². The standard InChI is InChI=1S/C24H38N4O3/c1-2-31-23(30)27-15-9-24(18-27)16-20(17-24)25-13-7-19(8-14-25)21-6-5-12-28(21)22(29)26-10-3-4-11-26/h7,20-21H,2-6,8-18H2,1H3/t20?,21-,24?/m0/s1. The molecular formula is C24H38N4O3. The zero-order valence-electron chi connectivity index (χ0n) is 19.1. The van der Waals surface area contributed by atoms with Crippen molar-refractivity contribution in [2.24, 2.45) is 5.41 Å². The van der Waals surface area contributed by atoms with Crippen molar-refractivity contribution in [3.05, 3.63) is 11.6 Å². The minimum Gasteiger partial charge on any atom is -0.450 e. The number of urea groups is 1. The van der Waals surface area contributed by atoms with Gasteiger partial charge in [-0.25, -0.2) is 9.59 Å². The van der Waals surface area contributed by atoms with E-state index in [1.165, 1.54) is 18.4 Å². The molecule has 4 fully saturated rings. The van der Waals surface area contributed by atoms with Crippen LogP contribution in [0.25, 0.3) is 0 Å². The third-order valence-electron chi connectivity index (χ3n) is 8.40. The lowest BCUT2D eigenvalue weighted by Crippen LogP contribution is -2.54. The number of carbonyl (C=O) groups excluding carboxylic acids is 2. The topological polar surface area (TPSA) is 56.3 Å². The Bertz CT molecular complexity index is 726. The molecule has 1 atom stereocenters. The number of hydrogen-bond acceptors (Lipinski definition) is 4. The van der Waals surface area contributed by atoms with Gasteiger partial charge in [0.2, 0.25) is 0 Å². The van der Waals surface area contributed by atoms with Crippen LogP contribution in [0, 0.1) is 5.41 Å². The monoisotopic (exact) mass is 430 g/mol. The van der Waals surface area contributed by atoms with E-state index in [9.17, 15) is 9.59 Å². The molecule has 1 spiro atoms. The molecule has 0 aromatic carbocycles. The van der Waals surface area contributed by atoms with Crippen LogP contribution in [0.15, 0.2) is 11.6 Å². The minimum absolute atomic E-state index is 0.141. The molecule has 0 N–H and O–H groups in total. The maximum absolute atomic E-state index is 13.0. The summed E-state index contributed by atoms with van der Waals surface area (Å²) in [5, 5.41) is 0. The summed E-state index contributed by atoms with van der Waals surface area (Å²) in [5.41, 5.74) is 1.82. The van der Waals surface area contributed by atoms with Gasteiger partial charge in [-0.2, -0.15) is 0 Å². The van der Waals surface area contributed by atoms with E-state index in [1.54, 1.807) is 0 Å². The number of ether oxygens (including phenoxy) is 1. The first-order valence-electron chi connectivity index (χ1n) is 12.5. The number of likely N-dealkylation sites (tertiary alicyclic amines) is 3. The zero-order valence-corrected chi connectivity index (χ0v) is 19.1. The lowest BCUT2D eigenvalue weighted by molar-refractivity contribution is 0.00973. The van der Waals surface area contributed by atoms with Gasteiger partial charge in [0, 0.05) is 51.9 Å². The molecule has 0 radical (unpaired) electrons. The minimum atomic E-state index is -0.141. The van der Waals surface area contributed by atoms with Crippen molar-refractivity contribution in [3.63, 3.8) is 0 Å². The lowest BCUT2D eigenvalue weighted by atomic mass is 9.64. The van der Waals surface area contributed by atoms with Gasteiger partial charge >= 0.3 is 12.1 Å². The quantitative estimate of drug-likeness (QED) is 0.645. The number of amides is 3. The van der Waals surface area contributed by atoms with Crippen LogP contribution in [0.3, 0.4) is 0 Å². The molecule has 3 amide bonds. The van der Waals surface area contributed by atoms with Gasteiger partial charge in [0.1, 0.15) is 0 Å². The fraction of sp³-hybridized carbons (Fsp3) is 0.833. The molecule has 0 aromatic heterocycles. The Labute approximate surface area is 186 Å². The first-order chi connectivity index (χ1) is 15.1. The van der Waals surface area contributed by atoms with E-state index in [-0.39, 0.29) is 12.1 Å². The van der Waals surface area contributed by atoms with Gasteiger partial charge in [-0.05, 0) is 69.3 Å². The van der Waals surface area contributed by atoms with Crippen LogP contribution in [-0.2, 0) is 4.74 Å². The highest BCUT2D eigenvalue weighted by atomic mass is 16.6. The molecular weight excluding hydrogens is 392 g/mol. The second-order valence-electron chi connectivity index (χ2n) is 10.3.